The zero-order valence-electron chi connectivity index (χ0n) is 19.6. The van der Waals surface area contributed by atoms with Crippen molar-refractivity contribution in [1.82, 2.24) is 34.0 Å². The fraction of sp³-hybridized carbons (Fsp3) is 0.115. The number of para-hydroxylation sites is 1. The molecule has 1 atom stereocenters. The topological polar surface area (TPSA) is 125 Å². The number of nitrogen functional groups attached to an aromatic ring is 1. The summed E-state index contributed by atoms with van der Waals surface area (Å²) in [5.74, 6) is 5.68. The first-order chi connectivity index (χ1) is 17.4. The summed E-state index contributed by atoms with van der Waals surface area (Å²) >= 11 is 0. The monoisotopic (exact) mass is 478 g/mol. The Kier molecular flexibility index (Phi) is 5.80. The van der Waals surface area contributed by atoms with Gasteiger partial charge in [0.05, 0.1) is 29.1 Å². The normalized spacial score (nSPS) is 11.6. The third-order valence-corrected chi connectivity index (χ3v) is 5.64. The molecule has 5 aromatic rings. The van der Waals surface area contributed by atoms with Crippen LogP contribution >= 0.6 is 0 Å². The number of aryl methyl sites for hydroxylation is 1. The van der Waals surface area contributed by atoms with E-state index in [9.17, 15) is 9.59 Å². The third-order valence-electron chi connectivity index (χ3n) is 5.64. The van der Waals surface area contributed by atoms with Crippen LogP contribution in [-0.4, -0.2) is 34.6 Å². The molecule has 0 bridgehead atoms. The number of nitrogens with zero attached hydrogens (tertiary/aromatic N) is 6. The van der Waals surface area contributed by atoms with Crippen LogP contribution in [0.15, 0.2) is 78.4 Å². The fourth-order valence-corrected chi connectivity index (χ4v) is 3.94. The summed E-state index contributed by atoms with van der Waals surface area (Å²) in [5.41, 5.74) is 8.56. The Hall–Kier alpha value is -5.17. The van der Waals surface area contributed by atoms with Gasteiger partial charge in [-0.3, -0.25) is 18.8 Å². The van der Waals surface area contributed by atoms with Crippen molar-refractivity contribution in [2.75, 3.05) is 5.73 Å². The van der Waals surface area contributed by atoms with Gasteiger partial charge in [-0.25, -0.2) is 9.97 Å². The van der Waals surface area contributed by atoms with Crippen molar-refractivity contribution >= 4 is 17.2 Å². The molecule has 1 aromatic carbocycles. The van der Waals surface area contributed by atoms with Crippen molar-refractivity contribution < 1.29 is 4.79 Å². The molecule has 3 N–H and O–H groups in total. The second-order valence-electron chi connectivity index (χ2n) is 8.15. The average Bonchev–Trinajstić information content (AvgIpc) is 3.49. The summed E-state index contributed by atoms with van der Waals surface area (Å²) in [6.07, 6.45) is 9.87. The van der Waals surface area contributed by atoms with Gasteiger partial charge < -0.3 is 15.5 Å². The highest BCUT2D eigenvalue weighted by Crippen LogP contribution is 2.20. The van der Waals surface area contributed by atoms with Gasteiger partial charge in [0, 0.05) is 43.7 Å². The fourth-order valence-electron chi connectivity index (χ4n) is 3.94. The zero-order chi connectivity index (χ0) is 25.2. The molecule has 10 nitrogen and oxygen atoms in total. The van der Waals surface area contributed by atoms with Gasteiger partial charge in [0.1, 0.15) is 5.52 Å². The summed E-state index contributed by atoms with van der Waals surface area (Å²) < 4.78 is 4.97. The smallest absolute Gasteiger partial charge is 0.280 e. The molecule has 178 valence electrons. The summed E-state index contributed by atoms with van der Waals surface area (Å²) in [6, 6.07) is 10.5. The van der Waals surface area contributed by atoms with Crippen LogP contribution in [0.4, 0.5) is 5.82 Å². The molecule has 1 amide bonds. The highest BCUT2D eigenvalue weighted by molar-refractivity contribution is 5.96. The number of fused-ring (bicyclic) bond motifs is 1. The van der Waals surface area contributed by atoms with Crippen LogP contribution in [0.5, 0.6) is 0 Å². The minimum Gasteiger partial charge on any atom is -0.382 e. The predicted octanol–water partition coefficient (Wildman–Crippen LogP) is 2.09. The molecule has 0 radical (unpaired) electrons. The SMILES string of the molecule is C[C@@H](NC(=O)c1nccnc1N)c1cn2ccc(C#Cc3cnn(C)c3)c2c(=O)n1-c1ccccc1. The van der Waals surface area contributed by atoms with E-state index in [-0.39, 0.29) is 17.1 Å². The molecular weight excluding hydrogens is 456 g/mol. The molecule has 0 fully saturated rings. The Morgan fingerprint density at radius 1 is 1.08 bits per heavy atom. The maximum absolute atomic E-state index is 13.9. The Bertz CT molecular complexity index is 1700. The van der Waals surface area contributed by atoms with Crippen LogP contribution in [0.3, 0.4) is 0 Å². The molecule has 0 spiro atoms. The number of nitrogens with one attached hydrogen (secondary N) is 1. The van der Waals surface area contributed by atoms with Crippen molar-refractivity contribution in [2.24, 2.45) is 7.05 Å². The minimum atomic E-state index is -0.566. The van der Waals surface area contributed by atoms with Crippen molar-refractivity contribution in [3.05, 3.63) is 106 Å². The maximum atomic E-state index is 13.9. The standard InChI is InChI=1S/C26H22N8O2/c1-17(31-25(35)22-24(27)29-12-11-28-22)21-16-33-13-10-19(9-8-18-14-30-32(2)15-18)23(33)26(36)34(21)20-6-4-3-5-7-20/h3-7,10-17H,1-2H3,(H2,27,29)(H,31,35)/t17-/m1/s1. The van der Waals surface area contributed by atoms with E-state index in [4.69, 9.17) is 5.73 Å². The Labute approximate surface area is 206 Å². The number of hydrogen-bond acceptors (Lipinski definition) is 6. The van der Waals surface area contributed by atoms with E-state index in [2.05, 4.69) is 32.2 Å². The van der Waals surface area contributed by atoms with Crippen LogP contribution in [0, 0.1) is 11.8 Å². The second-order valence-corrected chi connectivity index (χ2v) is 8.15. The number of nitrogens with two attached hydrogens (primary N) is 1. The Morgan fingerprint density at radius 3 is 2.58 bits per heavy atom. The van der Waals surface area contributed by atoms with Gasteiger partial charge in [0.15, 0.2) is 11.5 Å². The molecule has 4 heterocycles. The average molecular weight is 479 g/mol. The highest BCUT2D eigenvalue weighted by Gasteiger charge is 2.21. The number of rotatable bonds is 4. The zero-order valence-corrected chi connectivity index (χ0v) is 19.6. The highest BCUT2D eigenvalue weighted by atomic mass is 16.2. The molecule has 4 aromatic heterocycles. The number of anilines is 1. The summed E-state index contributed by atoms with van der Waals surface area (Å²) in [4.78, 5) is 34.7. The van der Waals surface area contributed by atoms with Gasteiger partial charge in [-0.15, -0.1) is 0 Å². The first-order valence-corrected chi connectivity index (χ1v) is 11.1. The number of carbonyl (C=O) groups is 1. The van der Waals surface area contributed by atoms with Gasteiger partial charge in [0.2, 0.25) is 0 Å². The van der Waals surface area contributed by atoms with E-state index in [0.29, 0.717) is 22.5 Å². The molecule has 36 heavy (non-hydrogen) atoms. The Morgan fingerprint density at radius 2 is 1.86 bits per heavy atom. The molecule has 0 unspecified atom stereocenters. The summed E-state index contributed by atoms with van der Waals surface area (Å²) in [7, 11) is 1.82. The number of aromatic nitrogens is 6. The first-order valence-electron chi connectivity index (χ1n) is 11.1. The molecule has 10 heteroatoms. The molecule has 0 saturated heterocycles. The van der Waals surface area contributed by atoms with E-state index >= 15 is 0 Å². The maximum Gasteiger partial charge on any atom is 0.280 e. The summed E-state index contributed by atoms with van der Waals surface area (Å²) in [6.45, 7) is 1.79. The molecule has 0 aliphatic heterocycles. The van der Waals surface area contributed by atoms with Crippen molar-refractivity contribution in [1.29, 1.82) is 0 Å². The molecular formula is C26H22N8O2. The number of benzene rings is 1. The van der Waals surface area contributed by atoms with E-state index in [1.807, 2.05) is 43.6 Å². The lowest BCUT2D eigenvalue weighted by molar-refractivity contribution is 0.0934. The largest absolute Gasteiger partial charge is 0.382 e. The van der Waals surface area contributed by atoms with Crippen molar-refractivity contribution in [3.63, 3.8) is 0 Å². The van der Waals surface area contributed by atoms with Gasteiger partial charge >= 0.3 is 0 Å². The van der Waals surface area contributed by atoms with Crippen LogP contribution in [0.2, 0.25) is 0 Å². The van der Waals surface area contributed by atoms with Crippen LogP contribution in [-0.2, 0) is 7.05 Å². The number of carbonyl (C=O) groups excluding carboxylic acids is 1. The van der Waals surface area contributed by atoms with E-state index < -0.39 is 11.9 Å². The predicted molar refractivity (Wildman–Crippen MR) is 135 cm³/mol. The number of hydrogen-bond donors (Lipinski definition) is 2. The lowest BCUT2D eigenvalue weighted by atomic mass is 10.2. The summed E-state index contributed by atoms with van der Waals surface area (Å²) in [5, 5.41) is 7.00. The van der Waals surface area contributed by atoms with Gasteiger partial charge in [-0.2, -0.15) is 5.10 Å². The van der Waals surface area contributed by atoms with Crippen molar-refractivity contribution in [2.45, 2.75) is 13.0 Å². The first kappa shape index (κ1) is 22.6. The molecule has 0 aliphatic carbocycles. The lowest BCUT2D eigenvalue weighted by Crippen LogP contribution is -2.33. The van der Waals surface area contributed by atoms with E-state index in [1.54, 1.807) is 45.2 Å². The van der Waals surface area contributed by atoms with Gasteiger partial charge in [-0.05, 0) is 25.1 Å². The molecule has 0 aliphatic rings. The van der Waals surface area contributed by atoms with Gasteiger partial charge in [-0.1, -0.05) is 30.0 Å². The minimum absolute atomic E-state index is 0.0213. The second kappa shape index (κ2) is 9.23. The third kappa shape index (κ3) is 4.21. The Balaban J connectivity index is 1.62. The molecule has 0 saturated carbocycles. The lowest BCUT2D eigenvalue weighted by Gasteiger charge is -2.20. The van der Waals surface area contributed by atoms with Crippen LogP contribution in [0.25, 0.3) is 11.2 Å². The van der Waals surface area contributed by atoms with Crippen LogP contribution in [0.1, 0.15) is 40.3 Å². The number of amides is 1. The van der Waals surface area contributed by atoms with E-state index in [0.717, 1.165) is 5.56 Å². The quantitative estimate of drug-likeness (QED) is 0.381. The van der Waals surface area contributed by atoms with E-state index in [1.165, 1.54) is 12.4 Å². The van der Waals surface area contributed by atoms with Gasteiger partial charge in [0.25, 0.3) is 11.5 Å². The van der Waals surface area contributed by atoms with Crippen molar-refractivity contribution in [3.8, 4) is 17.5 Å². The molecule has 5 rings (SSSR count). The van der Waals surface area contributed by atoms with Crippen LogP contribution < -0.4 is 16.6 Å².